The van der Waals surface area contributed by atoms with Gasteiger partial charge in [0.25, 0.3) is 0 Å². The summed E-state index contributed by atoms with van der Waals surface area (Å²) in [4.78, 5) is 4.13. The molecule has 0 saturated carbocycles. The fourth-order valence-corrected chi connectivity index (χ4v) is 1.75. The number of pyridine rings is 1. The predicted molar refractivity (Wildman–Crippen MR) is 75.1 cm³/mol. The third-order valence-corrected chi connectivity index (χ3v) is 2.70. The van der Waals surface area contributed by atoms with Gasteiger partial charge in [0.2, 0.25) is 0 Å². The molecule has 94 valence electrons. The van der Waals surface area contributed by atoms with E-state index in [1.807, 2.05) is 25.2 Å². The topological polar surface area (TPSA) is 46.2 Å². The molecule has 0 fully saturated rings. The Morgan fingerprint density at radius 1 is 1.17 bits per heavy atom. The lowest BCUT2D eigenvalue weighted by molar-refractivity contribution is 0.417. The number of aromatic nitrogens is 1. The molecule has 0 saturated heterocycles. The minimum absolute atomic E-state index is 0.649. The van der Waals surface area contributed by atoms with Gasteiger partial charge in [-0.3, -0.25) is 4.98 Å². The van der Waals surface area contributed by atoms with E-state index in [-0.39, 0.29) is 0 Å². The van der Waals surface area contributed by atoms with Gasteiger partial charge < -0.3 is 15.4 Å². The second-order valence-electron chi connectivity index (χ2n) is 3.68. The highest BCUT2D eigenvalue weighted by Gasteiger charge is 2.04. The molecule has 0 bridgehead atoms. The number of hydrogen-bond donors (Lipinski definition) is 2. The third kappa shape index (κ3) is 2.84. The maximum absolute atomic E-state index is 5.98. The molecule has 4 nitrogen and oxygen atoms in total. The number of hydrogen-bond acceptors (Lipinski definition) is 4. The molecule has 5 heteroatoms. The van der Waals surface area contributed by atoms with E-state index in [4.69, 9.17) is 16.3 Å². The van der Waals surface area contributed by atoms with Gasteiger partial charge >= 0.3 is 0 Å². The molecule has 18 heavy (non-hydrogen) atoms. The van der Waals surface area contributed by atoms with Gasteiger partial charge in [-0.25, -0.2) is 0 Å². The summed E-state index contributed by atoms with van der Waals surface area (Å²) in [5.74, 6) is 0.731. The average Bonchev–Trinajstić information content (AvgIpc) is 2.39. The van der Waals surface area contributed by atoms with Crippen molar-refractivity contribution < 1.29 is 4.74 Å². The lowest BCUT2D eigenvalue weighted by atomic mass is 10.2. The molecule has 0 spiro atoms. The number of nitrogens with one attached hydrogen (secondary N) is 2. The van der Waals surface area contributed by atoms with Gasteiger partial charge in [-0.1, -0.05) is 11.6 Å². The summed E-state index contributed by atoms with van der Waals surface area (Å²) in [6.07, 6.45) is 3.49. The summed E-state index contributed by atoms with van der Waals surface area (Å²) in [6, 6.07) is 7.37. The van der Waals surface area contributed by atoms with Crippen LogP contribution in [0.25, 0.3) is 0 Å². The van der Waals surface area contributed by atoms with Crippen LogP contribution in [0.3, 0.4) is 0 Å². The standard InChI is InChI=1S/C13H14ClN3O/c1-15-10-6-11(8-16-7-10)17-12-5-9(14)3-4-13(12)18-2/h3-8,15,17H,1-2H3. The van der Waals surface area contributed by atoms with Gasteiger partial charge in [-0.05, 0) is 24.3 Å². The van der Waals surface area contributed by atoms with E-state index < -0.39 is 0 Å². The first-order valence-electron chi connectivity index (χ1n) is 5.46. The Morgan fingerprint density at radius 3 is 2.67 bits per heavy atom. The van der Waals surface area contributed by atoms with Crippen molar-refractivity contribution in [3.05, 3.63) is 41.7 Å². The summed E-state index contributed by atoms with van der Waals surface area (Å²) in [7, 11) is 3.47. The van der Waals surface area contributed by atoms with Crippen LogP contribution in [0, 0.1) is 0 Å². The first kappa shape index (κ1) is 12.5. The van der Waals surface area contributed by atoms with Crippen LogP contribution in [-0.4, -0.2) is 19.1 Å². The van der Waals surface area contributed by atoms with E-state index in [9.17, 15) is 0 Å². The highest BCUT2D eigenvalue weighted by Crippen LogP contribution is 2.30. The second kappa shape index (κ2) is 5.60. The monoisotopic (exact) mass is 263 g/mol. The Morgan fingerprint density at radius 2 is 1.94 bits per heavy atom. The van der Waals surface area contributed by atoms with Crippen molar-refractivity contribution in [2.24, 2.45) is 0 Å². The van der Waals surface area contributed by atoms with E-state index in [1.165, 1.54) is 0 Å². The van der Waals surface area contributed by atoms with Crippen molar-refractivity contribution in [2.75, 3.05) is 24.8 Å². The number of methoxy groups -OCH3 is 1. The average molecular weight is 264 g/mol. The van der Waals surface area contributed by atoms with Crippen LogP contribution in [-0.2, 0) is 0 Å². The van der Waals surface area contributed by atoms with E-state index in [0.717, 1.165) is 22.8 Å². The number of ether oxygens (including phenoxy) is 1. The van der Waals surface area contributed by atoms with Crippen molar-refractivity contribution in [2.45, 2.75) is 0 Å². The number of nitrogens with zero attached hydrogens (tertiary/aromatic N) is 1. The number of halogens is 1. The maximum atomic E-state index is 5.98. The molecule has 0 amide bonds. The molecular formula is C13H14ClN3O. The molecule has 0 aliphatic heterocycles. The summed E-state index contributed by atoms with van der Waals surface area (Å²) in [6.45, 7) is 0. The molecule has 2 rings (SSSR count). The van der Waals surface area contributed by atoms with Crippen molar-refractivity contribution >= 4 is 28.7 Å². The van der Waals surface area contributed by atoms with Crippen LogP contribution in [0.2, 0.25) is 5.02 Å². The fourth-order valence-electron chi connectivity index (χ4n) is 1.58. The number of benzene rings is 1. The summed E-state index contributed by atoms with van der Waals surface area (Å²) < 4.78 is 5.27. The first-order chi connectivity index (χ1) is 8.72. The van der Waals surface area contributed by atoms with Crippen LogP contribution in [0.1, 0.15) is 0 Å². The molecule has 2 aromatic rings. The molecule has 1 aromatic carbocycles. The predicted octanol–water partition coefficient (Wildman–Crippen LogP) is 3.53. The lowest BCUT2D eigenvalue weighted by Gasteiger charge is -2.12. The van der Waals surface area contributed by atoms with Gasteiger partial charge in [0.15, 0.2) is 0 Å². The van der Waals surface area contributed by atoms with E-state index in [2.05, 4.69) is 15.6 Å². The number of rotatable bonds is 4. The Bertz CT molecular complexity index is 546. The van der Waals surface area contributed by atoms with Crippen LogP contribution in [0.4, 0.5) is 17.1 Å². The largest absolute Gasteiger partial charge is 0.495 e. The zero-order valence-electron chi connectivity index (χ0n) is 10.2. The van der Waals surface area contributed by atoms with Gasteiger partial charge in [-0.2, -0.15) is 0 Å². The van der Waals surface area contributed by atoms with Crippen molar-refractivity contribution in [1.82, 2.24) is 4.98 Å². The van der Waals surface area contributed by atoms with Crippen LogP contribution in [0.15, 0.2) is 36.7 Å². The van der Waals surface area contributed by atoms with E-state index in [0.29, 0.717) is 5.02 Å². The van der Waals surface area contributed by atoms with E-state index >= 15 is 0 Å². The van der Waals surface area contributed by atoms with Gasteiger partial charge in [-0.15, -0.1) is 0 Å². The van der Waals surface area contributed by atoms with Crippen molar-refractivity contribution in [1.29, 1.82) is 0 Å². The Hall–Kier alpha value is -1.94. The Labute approximate surface area is 111 Å². The number of anilines is 3. The molecule has 0 aliphatic rings. The fraction of sp³-hybridized carbons (Fsp3) is 0.154. The first-order valence-corrected chi connectivity index (χ1v) is 5.84. The lowest BCUT2D eigenvalue weighted by Crippen LogP contribution is -1.96. The zero-order chi connectivity index (χ0) is 13.0. The van der Waals surface area contributed by atoms with Gasteiger partial charge in [0, 0.05) is 12.1 Å². The Kier molecular flexibility index (Phi) is 3.89. The molecule has 0 unspecified atom stereocenters. The quantitative estimate of drug-likeness (QED) is 0.886. The Balaban J connectivity index is 2.29. The second-order valence-corrected chi connectivity index (χ2v) is 4.12. The molecular weight excluding hydrogens is 250 g/mol. The highest BCUT2D eigenvalue weighted by atomic mass is 35.5. The van der Waals surface area contributed by atoms with Crippen LogP contribution in [0.5, 0.6) is 5.75 Å². The third-order valence-electron chi connectivity index (χ3n) is 2.47. The molecule has 1 aromatic heterocycles. The summed E-state index contributed by atoms with van der Waals surface area (Å²) in [5.41, 5.74) is 2.60. The van der Waals surface area contributed by atoms with Crippen molar-refractivity contribution in [3.8, 4) is 5.75 Å². The smallest absolute Gasteiger partial charge is 0.142 e. The normalized spacial score (nSPS) is 9.94. The molecule has 0 aliphatic carbocycles. The molecule has 2 N–H and O–H groups in total. The summed E-state index contributed by atoms with van der Waals surface area (Å²) in [5, 5.41) is 6.91. The van der Waals surface area contributed by atoms with Gasteiger partial charge in [0.05, 0.1) is 36.6 Å². The molecule has 0 atom stereocenters. The van der Waals surface area contributed by atoms with Crippen molar-refractivity contribution in [3.63, 3.8) is 0 Å². The van der Waals surface area contributed by atoms with Crippen LogP contribution >= 0.6 is 11.6 Å². The highest BCUT2D eigenvalue weighted by molar-refractivity contribution is 6.31. The zero-order valence-corrected chi connectivity index (χ0v) is 11.0. The molecule has 1 heterocycles. The minimum atomic E-state index is 0.649. The van der Waals surface area contributed by atoms with E-state index in [1.54, 1.807) is 25.6 Å². The minimum Gasteiger partial charge on any atom is -0.495 e. The summed E-state index contributed by atoms with van der Waals surface area (Å²) >= 11 is 5.98. The molecule has 0 radical (unpaired) electrons. The maximum Gasteiger partial charge on any atom is 0.142 e. The SMILES string of the molecule is CNc1cncc(Nc2cc(Cl)ccc2OC)c1. The van der Waals surface area contributed by atoms with Gasteiger partial charge in [0.1, 0.15) is 5.75 Å². The van der Waals surface area contributed by atoms with Crippen LogP contribution < -0.4 is 15.4 Å².